The van der Waals surface area contributed by atoms with E-state index in [0.29, 0.717) is 17.8 Å². The molecular weight excluding hydrogens is 428 g/mol. The number of rotatable bonds is 5. The summed E-state index contributed by atoms with van der Waals surface area (Å²) < 4.78 is 12.8. The van der Waals surface area contributed by atoms with Crippen molar-refractivity contribution < 1.29 is 14.3 Å². The standard InChI is InChI=1S/C16H16Br2N2O3/c17-12-7-13(18)16(15-11(12)4-1-5-19-15)23-9-14(21)20-8-10-3-2-6-22-10/h1,4-5,7,10H,2-3,6,8-9H2,(H,20,21). The summed E-state index contributed by atoms with van der Waals surface area (Å²) in [6.07, 6.45) is 3.88. The number of benzene rings is 1. The summed E-state index contributed by atoms with van der Waals surface area (Å²) in [5, 5.41) is 3.78. The van der Waals surface area contributed by atoms with Crippen LogP contribution >= 0.6 is 31.9 Å². The van der Waals surface area contributed by atoms with Gasteiger partial charge in [-0.15, -0.1) is 0 Å². The second kappa shape index (κ2) is 7.59. The van der Waals surface area contributed by atoms with Crippen LogP contribution in [0.25, 0.3) is 10.9 Å². The second-order valence-electron chi connectivity index (χ2n) is 5.30. The van der Waals surface area contributed by atoms with Crippen LogP contribution in [0.2, 0.25) is 0 Å². The Bertz CT molecular complexity index is 718. The molecule has 5 nitrogen and oxygen atoms in total. The average Bonchev–Trinajstić information content (AvgIpc) is 3.06. The van der Waals surface area contributed by atoms with Crippen LogP contribution in [-0.4, -0.2) is 36.8 Å². The maximum atomic E-state index is 12.0. The molecule has 1 aliphatic rings. The summed E-state index contributed by atoms with van der Waals surface area (Å²) in [5.74, 6) is 0.399. The third-order valence-corrected chi connectivity index (χ3v) is 4.89. The first-order valence-corrected chi connectivity index (χ1v) is 8.97. The van der Waals surface area contributed by atoms with Gasteiger partial charge in [-0.1, -0.05) is 22.0 Å². The zero-order valence-corrected chi connectivity index (χ0v) is 15.5. The van der Waals surface area contributed by atoms with Crippen molar-refractivity contribution in [3.63, 3.8) is 0 Å². The molecule has 1 aliphatic heterocycles. The van der Waals surface area contributed by atoms with E-state index in [0.717, 1.165) is 33.8 Å². The van der Waals surface area contributed by atoms with Crippen LogP contribution in [0, 0.1) is 0 Å². The average molecular weight is 444 g/mol. The lowest BCUT2D eigenvalue weighted by molar-refractivity contribution is -0.123. The minimum Gasteiger partial charge on any atom is -0.480 e. The molecule has 0 spiro atoms. The van der Waals surface area contributed by atoms with E-state index in [9.17, 15) is 4.79 Å². The van der Waals surface area contributed by atoms with Crippen molar-refractivity contribution in [2.24, 2.45) is 0 Å². The molecule has 122 valence electrons. The largest absolute Gasteiger partial charge is 0.480 e. The Kier molecular flexibility index (Phi) is 5.50. The normalized spacial score (nSPS) is 17.4. The van der Waals surface area contributed by atoms with Crippen molar-refractivity contribution in [2.75, 3.05) is 19.8 Å². The molecule has 7 heteroatoms. The van der Waals surface area contributed by atoms with Gasteiger partial charge < -0.3 is 14.8 Å². The van der Waals surface area contributed by atoms with E-state index in [1.807, 2.05) is 18.2 Å². The van der Waals surface area contributed by atoms with Crippen molar-refractivity contribution in [1.82, 2.24) is 10.3 Å². The van der Waals surface area contributed by atoms with Gasteiger partial charge in [0, 0.05) is 29.2 Å². The molecule has 1 amide bonds. The van der Waals surface area contributed by atoms with E-state index in [-0.39, 0.29) is 18.6 Å². The molecule has 2 aromatic rings. The molecule has 0 bridgehead atoms. The molecule has 1 aromatic heterocycles. The molecule has 1 atom stereocenters. The SMILES string of the molecule is O=C(COc1c(Br)cc(Br)c2cccnc12)NCC1CCCO1. The maximum Gasteiger partial charge on any atom is 0.258 e. The van der Waals surface area contributed by atoms with Crippen LogP contribution in [-0.2, 0) is 9.53 Å². The summed E-state index contributed by atoms with van der Waals surface area (Å²) >= 11 is 6.97. The van der Waals surface area contributed by atoms with Gasteiger partial charge in [-0.3, -0.25) is 9.78 Å². The number of ether oxygens (including phenoxy) is 2. The Labute approximate surface area is 151 Å². The molecule has 1 fully saturated rings. The molecular formula is C16H16Br2N2O3. The zero-order valence-electron chi connectivity index (χ0n) is 12.4. The van der Waals surface area contributed by atoms with E-state index in [1.54, 1.807) is 6.20 Å². The van der Waals surface area contributed by atoms with Crippen LogP contribution in [0.3, 0.4) is 0 Å². The fourth-order valence-electron chi connectivity index (χ4n) is 2.51. The van der Waals surface area contributed by atoms with Gasteiger partial charge >= 0.3 is 0 Å². The minimum atomic E-state index is -0.167. The van der Waals surface area contributed by atoms with Crippen LogP contribution in [0.4, 0.5) is 0 Å². The number of pyridine rings is 1. The number of fused-ring (bicyclic) bond motifs is 1. The first kappa shape index (κ1) is 16.7. The number of nitrogens with zero attached hydrogens (tertiary/aromatic N) is 1. The predicted molar refractivity (Wildman–Crippen MR) is 94.6 cm³/mol. The van der Waals surface area contributed by atoms with E-state index in [1.165, 1.54) is 0 Å². The summed E-state index contributed by atoms with van der Waals surface area (Å²) in [7, 11) is 0. The lowest BCUT2D eigenvalue weighted by Gasteiger charge is -2.13. The fraction of sp³-hybridized carbons (Fsp3) is 0.375. The third-order valence-electron chi connectivity index (χ3n) is 3.65. The van der Waals surface area contributed by atoms with E-state index >= 15 is 0 Å². The Morgan fingerprint density at radius 2 is 2.30 bits per heavy atom. The van der Waals surface area contributed by atoms with Crippen molar-refractivity contribution in [3.8, 4) is 5.75 Å². The number of nitrogens with one attached hydrogen (secondary N) is 1. The van der Waals surface area contributed by atoms with Crippen molar-refractivity contribution in [3.05, 3.63) is 33.3 Å². The summed E-state index contributed by atoms with van der Waals surface area (Å²) in [4.78, 5) is 16.3. The van der Waals surface area contributed by atoms with Gasteiger partial charge in [-0.2, -0.15) is 0 Å². The number of halogens is 2. The molecule has 1 N–H and O–H groups in total. The highest BCUT2D eigenvalue weighted by molar-refractivity contribution is 9.11. The molecule has 0 radical (unpaired) electrons. The van der Waals surface area contributed by atoms with Gasteiger partial charge in [0.25, 0.3) is 5.91 Å². The molecule has 1 unspecified atom stereocenters. The monoisotopic (exact) mass is 442 g/mol. The van der Waals surface area contributed by atoms with Crippen molar-refractivity contribution in [1.29, 1.82) is 0 Å². The number of carbonyl (C=O) groups is 1. The van der Waals surface area contributed by atoms with Gasteiger partial charge in [-0.25, -0.2) is 0 Å². The van der Waals surface area contributed by atoms with Crippen LogP contribution < -0.4 is 10.1 Å². The highest BCUT2D eigenvalue weighted by atomic mass is 79.9. The lowest BCUT2D eigenvalue weighted by atomic mass is 10.2. The maximum absolute atomic E-state index is 12.0. The third kappa shape index (κ3) is 4.02. The quantitative estimate of drug-likeness (QED) is 0.768. The topological polar surface area (TPSA) is 60.5 Å². The number of amides is 1. The van der Waals surface area contributed by atoms with Crippen LogP contribution in [0.15, 0.2) is 33.3 Å². The molecule has 3 rings (SSSR count). The summed E-state index contributed by atoms with van der Waals surface area (Å²) in [6.45, 7) is 1.25. The van der Waals surface area contributed by atoms with Crippen molar-refractivity contribution >= 4 is 48.7 Å². The fourth-order valence-corrected chi connectivity index (χ4v) is 3.89. The van der Waals surface area contributed by atoms with Gasteiger partial charge in [-0.05, 0) is 40.9 Å². The summed E-state index contributed by atoms with van der Waals surface area (Å²) in [6, 6.07) is 5.70. The minimum absolute atomic E-state index is 0.0569. The van der Waals surface area contributed by atoms with E-state index in [4.69, 9.17) is 9.47 Å². The van der Waals surface area contributed by atoms with E-state index in [2.05, 4.69) is 42.2 Å². The summed E-state index contributed by atoms with van der Waals surface area (Å²) in [5.41, 5.74) is 0.709. The smallest absolute Gasteiger partial charge is 0.258 e. The molecule has 0 aliphatic carbocycles. The predicted octanol–water partition coefficient (Wildman–Crippen LogP) is 3.43. The molecule has 1 aromatic carbocycles. The highest BCUT2D eigenvalue weighted by Crippen LogP contribution is 2.37. The highest BCUT2D eigenvalue weighted by Gasteiger charge is 2.17. The van der Waals surface area contributed by atoms with Gasteiger partial charge in [0.05, 0.1) is 10.6 Å². The number of hydrogen-bond donors (Lipinski definition) is 1. The molecule has 2 heterocycles. The number of hydrogen-bond acceptors (Lipinski definition) is 4. The first-order chi connectivity index (χ1) is 11.1. The Morgan fingerprint density at radius 3 is 3.09 bits per heavy atom. The Balaban J connectivity index is 1.65. The van der Waals surface area contributed by atoms with Crippen LogP contribution in [0.1, 0.15) is 12.8 Å². The number of aromatic nitrogens is 1. The zero-order chi connectivity index (χ0) is 16.2. The van der Waals surface area contributed by atoms with Gasteiger partial charge in [0.1, 0.15) is 5.52 Å². The molecule has 1 saturated heterocycles. The van der Waals surface area contributed by atoms with Gasteiger partial charge in [0.2, 0.25) is 0 Å². The lowest BCUT2D eigenvalue weighted by Crippen LogP contribution is -2.35. The molecule has 23 heavy (non-hydrogen) atoms. The number of carbonyl (C=O) groups excluding carboxylic acids is 1. The van der Waals surface area contributed by atoms with Crippen molar-refractivity contribution in [2.45, 2.75) is 18.9 Å². The first-order valence-electron chi connectivity index (χ1n) is 7.39. The second-order valence-corrected chi connectivity index (χ2v) is 7.01. The van der Waals surface area contributed by atoms with E-state index < -0.39 is 0 Å². The Morgan fingerprint density at radius 1 is 1.43 bits per heavy atom. The Hall–Kier alpha value is -1.18. The van der Waals surface area contributed by atoms with Gasteiger partial charge in [0.15, 0.2) is 12.4 Å². The molecule has 0 saturated carbocycles. The van der Waals surface area contributed by atoms with Crippen LogP contribution in [0.5, 0.6) is 5.75 Å².